The van der Waals surface area contributed by atoms with Crippen LogP contribution >= 0.6 is 0 Å². The van der Waals surface area contributed by atoms with Crippen LogP contribution in [0.25, 0.3) is 0 Å². The maximum Gasteiger partial charge on any atom is 0.320 e. The molecule has 1 unspecified atom stereocenters. The minimum absolute atomic E-state index is 0.218. The van der Waals surface area contributed by atoms with Crippen molar-refractivity contribution >= 4 is 12.0 Å². The number of nitrogens with two attached hydrogens (primary N) is 1. The fourth-order valence-corrected chi connectivity index (χ4v) is 1.08. The van der Waals surface area contributed by atoms with E-state index in [0.29, 0.717) is 13.1 Å². The number of likely N-dealkylation sites (N-methyl/N-ethyl adjacent to an activating group) is 1. The SMILES string of the molecule is CN(C)CCNC(=O)N(C)CCC(N)C(=O)O. The van der Waals surface area contributed by atoms with Crippen LogP contribution in [0.5, 0.6) is 0 Å². The number of aliphatic carboxylic acids is 1. The zero-order chi connectivity index (χ0) is 13.4. The highest BCUT2D eigenvalue weighted by Crippen LogP contribution is 1.93. The normalized spacial score (nSPS) is 12.3. The van der Waals surface area contributed by atoms with Gasteiger partial charge in [-0.15, -0.1) is 0 Å². The number of hydrogen-bond acceptors (Lipinski definition) is 4. The molecule has 2 amide bonds. The molecule has 1 atom stereocenters. The van der Waals surface area contributed by atoms with E-state index in [1.165, 1.54) is 4.90 Å². The second-order valence-corrected chi connectivity index (χ2v) is 4.19. The Morgan fingerprint density at radius 2 is 1.88 bits per heavy atom. The van der Waals surface area contributed by atoms with Gasteiger partial charge in [0.05, 0.1) is 0 Å². The van der Waals surface area contributed by atoms with Gasteiger partial charge in [0.15, 0.2) is 0 Å². The number of urea groups is 1. The zero-order valence-electron chi connectivity index (χ0n) is 10.6. The molecule has 0 saturated carbocycles. The molecule has 0 fully saturated rings. The standard InChI is InChI=1S/C10H22N4O3/c1-13(2)7-5-12-10(17)14(3)6-4-8(11)9(15)16/h8H,4-7,11H2,1-3H3,(H,12,17)(H,15,16). The lowest BCUT2D eigenvalue weighted by Gasteiger charge is -2.19. The number of carbonyl (C=O) groups excluding carboxylic acids is 1. The Labute approximate surface area is 102 Å². The van der Waals surface area contributed by atoms with Crippen molar-refractivity contribution < 1.29 is 14.7 Å². The molecular weight excluding hydrogens is 224 g/mol. The number of carbonyl (C=O) groups is 2. The third kappa shape index (κ3) is 7.53. The number of carboxylic acids is 1. The molecule has 100 valence electrons. The van der Waals surface area contributed by atoms with E-state index in [9.17, 15) is 9.59 Å². The van der Waals surface area contributed by atoms with E-state index < -0.39 is 12.0 Å². The maximum absolute atomic E-state index is 11.5. The predicted octanol–water partition coefficient (Wildman–Crippen LogP) is -1.01. The van der Waals surface area contributed by atoms with Gasteiger partial charge in [0.2, 0.25) is 0 Å². The van der Waals surface area contributed by atoms with Crippen molar-refractivity contribution in [3.63, 3.8) is 0 Å². The summed E-state index contributed by atoms with van der Waals surface area (Å²) in [6, 6.07) is -1.14. The predicted molar refractivity (Wildman–Crippen MR) is 64.8 cm³/mol. The van der Waals surface area contributed by atoms with Crippen LogP contribution in [0.2, 0.25) is 0 Å². The summed E-state index contributed by atoms with van der Waals surface area (Å²) in [6.45, 7) is 1.64. The Hall–Kier alpha value is -1.34. The number of hydrogen-bond donors (Lipinski definition) is 3. The van der Waals surface area contributed by atoms with E-state index in [0.717, 1.165) is 6.54 Å². The van der Waals surface area contributed by atoms with Gasteiger partial charge >= 0.3 is 12.0 Å². The first-order valence-corrected chi connectivity index (χ1v) is 5.46. The number of rotatable bonds is 7. The molecule has 0 saturated heterocycles. The number of nitrogens with zero attached hydrogens (tertiary/aromatic N) is 2. The second-order valence-electron chi connectivity index (χ2n) is 4.19. The zero-order valence-corrected chi connectivity index (χ0v) is 10.6. The van der Waals surface area contributed by atoms with Crippen molar-refractivity contribution in [3.05, 3.63) is 0 Å². The first kappa shape index (κ1) is 15.7. The van der Waals surface area contributed by atoms with Crippen LogP contribution in [0.3, 0.4) is 0 Å². The van der Waals surface area contributed by atoms with Crippen LogP contribution in [0, 0.1) is 0 Å². The van der Waals surface area contributed by atoms with Gasteiger partial charge < -0.3 is 26.0 Å². The third-order valence-electron chi connectivity index (χ3n) is 2.27. The molecular formula is C10H22N4O3. The molecule has 0 aliphatic carbocycles. The van der Waals surface area contributed by atoms with E-state index in [1.807, 2.05) is 19.0 Å². The van der Waals surface area contributed by atoms with Crippen molar-refractivity contribution in [2.24, 2.45) is 5.73 Å². The Balaban J connectivity index is 3.78. The average Bonchev–Trinajstić information content (AvgIpc) is 2.24. The molecule has 0 radical (unpaired) electrons. The van der Waals surface area contributed by atoms with E-state index in [4.69, 9.17) is 10.8 Å². The molecule has 0 heterocycles. The Morgan fingerprint density at radius 3 is 2.35 bits per heavy atom. The molecule has 0 aliphatic heterocycles. The summed E-state index contributed by atoms with van der Waals surface area (Å²) < 4.78 is 0. The van der Waals surface area contributed by atoms with Crippen LogP contribution < -0.4 is 11.1 Å². The highest BCUT2D eigenvalue weighted by Gasteiger charge is 2.14. The first-order chi connectivity index (χ1) is 7.84. The number of amides is 2. The first-order valence-electron chi connectivity index (χ1n) is 5.46. The Bertz CT molecular complexity index is 258. The van der Waals surface area contributed by atoms with Crippen LogP contribution in [0.1, 0.15) is 6.42 Å². The van der Waals surface area contributed by atoms with Gasteiger partial charge in [-0.3, -0.25) is 4.79 Å². The van der Waals surface area contributed by atoms with E-state index >= 15 is 0 Å². The summed E-state index contributed by atoms with van der Waals surface area (Å²) in [5, 5.41) is 11.3. The van der Waals surface area contributed by atoms with Crippen molar-refractivity contribution in [2.75, 3.05) is 40.8 Å². The van der Waals surface area contributed by atoms with Gasteiger partial charge in [0, 0.05) is 26.7 Å². The lowest BCUT2D eigenvalue weighted by Crippen LogP contribution is -2.42. The van der Waals surface area contributed by atoms with E-state index in [-0.39, 0.29) is 12.5 Å². The quantitative estimate of drug-likeness (QED) is 0.534. The summed E-state index contributed by atoms with van der Waals surface area (Å²) in [4.78, 5) is 25.4. The van der Waals surface area contributed by atoms with Gasteiger partial charge in [-0.2, -0.15) is 0 Å². The minimum atomic E-state index is -1.05. The average molecular weight is 246 g/mol. The summed E-state index contributed by atoms with van der Waals surface area (Å²) in [5.41, 5.74) is 5.34. The summed E-state index contributed by atoms with van der Waals surface area (Å²) >= 11 is 0. The molecule has 0 bridgehead atoms. The van der Waals surface area contributed by atoms with Crippen LogP contribution in [-0.2, 0) is 4.79 Å². The number of carboxylic acid groups (broad SMARTS) is 1. The lowest BCUT2D eigenvalue weighted by atomic mass is 10.2. The molecule has 0 rings (SSSR count). The lowest BCUT2D eigenvalue weighted by molar-refractivity contribution is -0.138. The molecule has 0 spiro atoms. The van der Waals surface area contributed by atoms with Crippen molar-refractivity contribution in [1.29, 1.82) is 0 Å². The fraction of sp³-hybridized carbons (Fsp3) is 0.800. The second kappa shape index (κ2) is 7.86. The van der Waals surface area contributed by atoms with E-state index in [1.54, 1.807) is 7.05 Å². The van der Waals surface area contributed by atoms with Gasteiger partial charge in [-0.1, -0.05) is 0 Å². The summed E-state index contributed by atoms with van der Waals surface area (Å²) in [5.74, 6) is -1.05. The van der Waals surface area contributed by atoms with Gasteiger partial charge in [-0.05, 0) is 20.5 Å². The smallest absolute Gasteiger partial charge is 0.320 e. The van der Waals surface area contributed by atoms with Crippen molar-refractivity contribution in [2.45, 2.75) is 12.5 Å². The third-order valence-corrected chi connectivity index (χ3v) is 2.27. The maximum atomic E-state index is 11.5. The van der Waals surface area contributed by atoms with Gasteiger partial charge in [0.25, 0.3) is 0 Å². The van der Waals surface area contributed by atoms with Crippen molar-refractivity contribution in [3.8, 4) is 0 Å². The largest absolute Gasteiger partial charge is 0.480 e. The van der Waals surface area contributed by atoms with Crippen LogP contribution in [0.15, 0.2) is 0 Å². The van der Waals surface area contributed by atoms with Crippen LogP contribution in [-0.4, -0.2) is 73.7 Å². The molecule has 17 heavy (non-hydrogen) atoms. The molecule has 7 heteroatoms. The highest BCUT2D eigenvalue weighted by atomic mass is 16.4. The Kier molecular flexibility index (Phi) is 7.24. The molecule has 0 aromatic carbocycles. The van der Waals surface area contributed by atoms with Gasteiger partial charge in [-0.25, -0.2) is 4.79 Å². The monoisotopic (exact) mass is 246 g/mol. The molecule has 0 aromatic heterocycles. The van der Waals surface area contributed by atoms with Gasteiger partial charge in [0.1, 0.15) is 6.04 Å². The van der Waals surface area contributed by atoms with Crippen LogP contribution in [0.4, 0.5) is 4.79 Å². The highest BCUT2D eigenvalue weighted by molar-refractivity contribution is 5.74. The minimum Gasteiger partial charge on any atom is -0.480 e. The van der Waals surface area contributed by atoms with E-state index in [2.05, 4.69) is 5.32 Å². The summed E-state index contributed by atoms with van der Waals surface area (Å²) in [6.07, 6.45) is 0.243. The fourth-order valence-electron chi connectivity index (χ4n) is 1.08. The number of nitrogens with one attached hydrogen (secondary N) is 1. The molecule has 4 N–H and O–H groups in total. The molecule has 0 aromatic rings. The topological polar surface area (TPSA) is 98.9 Å². The Morgan fingerprint density at radius 1 is 1.29 bits per heavy atom. The molecule has 7 nitrogen and oxygen atoms in total. The summed E-state index contributed by atoms with van der Waals surface area (Å²) in [7, 11) is 5.45. The van der Waals surface area contributed by atoms with Crippen molar-refractivity contribution in [1.82, 2.24) is 15.1 Å². The molecule has 0 aliphatic rings.